The molecule has 0 spiro atoms. The van der Waals surface area contributed by atoms with Crippen molar-refractivity contribution in [3.8, 4) is 0 Å². The van der Waals surface area contributed by atoms with Gasteiger partial charge >= 0.3 is 0 Å². The fraction of sp³-hybridized carbons (Fsp3) is 0.167. The lowest BCUT2D eigenvalue weighted by Crippen LogP contribution is -2.39. The van der Waals surface area contributed by atoms with E-state index in [-0.39, 0.29) is 18.0 Å². The second kappa shape index (κ2) is 9.27. The molecule has 1 aliphatic rings. The van der Waals surface area contributed by atoms with Crippen LogP contribution in [0.3, 0.4) is 0 Å². The van der Waals surface area contributed by atoms with Crippen LogP contribution in [0.5, 0.6) is 0 Å². The Balaban J connectivity index is 1.59. The maximum Gasteiger partial charge on any atom is 0.251 e. The molecular formula is C24H18F4N2O2S. The number of hydrogen-bond donors (Lipinski definition) is 1. The number of hydrogen-bond acceptors (Lipinski definition) is 3. The Morgan fingerprint density at radius 1 is 1.00 bits per heavy atom. The molecule has 0 radical (unpaired) electrons. The van der Waals surface area contributed by atoms with E-state index < -0.39 is 46.5 Å². The van der Waals surface area contributed by atoms with Gasteiger partial charge in [0.1, 0.15) is 23.3 Å². The largest absolute Gasteiger partial charge is 0.348 e. The molecule has 1 atom stereocenters. The van der Waals surface area contributed by atoms with Crippen molar-refractivity contribution in [1.82, 2.24) is 5.32 Å². The van der Waals surface area contributed by atoms with E-state index in [2.05, 4.69) is 5.32 Å². The van der Waals surface area contributed by atoms with Crippen LogP contribution < -0.4 is 10.2 Å². The van der Waals surface area contributed by atoms with Gasteiger partial charge in [-0.05, 0) is 31.2 Å². The molecule has 33 heavy (non-hydrogen) atoms. The average Bonchev–Trinajstić information content (AvgIpc) is 2.77. The molecular weight excluding hydrogens is 456 g/mol. The molecule has 170 valence electrons. The van der Waals surface area contributed by atoms with Crippen molar-refractivity contribution in [1.29, 1.82) is 0 Å². The van der Waals surface area contributed by atoms with Crippen LogP contribution >= 0.6 is 11.8 Å². The van der Waals surface area contributed by atoms with Gasteiger partial charge in [-0.2, -0.15) is 0 Å². The lowest BCUT2D eigenvalue weighted by atomic mass is 10.1. The second-order valence-corrected chi connectivity index (χ2v) is 8.87. The first-order valence-corrected chi connectivity index (χ1v) is 10.9. The minimum absolute atomic E-state index is 0.0134. The van der Waals surface area contributed by atoms with Gasteiger partial charge in [-0.25, -0.2) is 17.6 Å². The van der Waals surface area contributed by atoms with E-state index in [1.54, 1.807) is 31.2 Å². The first-order valence-electron chi connectivity index (χ1n) is 10.0. The quantitative estimate of drug-likeness (QED) is 0.517. The van der Waals surface area contributed by atoms with Gasteiger partial charge in [-0.1, -0.05) is 18.2 Å². The standard InChI is InChI=1S/C24H18F4N2O2S/c1-13-24(32)30(12-15-4-2-3-5-18(15)26)21-8-14(6-7-22(21)33-13)23(31)29-11-17-19(27)9-16(25)10-20(17)28/h2-10,13H,11-12H2,1H3,(H,29,31). The lowest BCUT2D eigenvalue weighted by molar-refractivity contribution is -0.118. The predicted molar refractivity (Wildman–Crippen MR) is 117 cm³/mol. The fourth-order valence-electron chi connectivity index (χ4n) is 3.52. The molecule has 4 nitrogen and oxygen atoms in total. The average molecular weight is 474 g/mol. The summed E-state index contributed by atoms with van der Waals surface area (Å²) in [6.45, 7) is 1.24. The van der Waals surface area contributed by atoms with E-state index >= 15 is 0 Å². The maximum absolute atomic E-state index is 14.2. The number of rotatable bonds is 5. The van der Waals surface area contributed by atoms with Crippen LogP contribution in [0.15, 0.2) is 59.5 Å². The zero-order valence-corrected chi connectivity index (χ0v) is 18.2. The molecule has 0 bridgehead atoms. The maximum atomic E-state index is 14.2. The van der Waals surface area contributed by atoms with Crippen LogP contribution in [0.25, 0.3) is 0 Å². The van der Waals surface area contributed by atoms with Gasteiger partial charge in [0.15, 0.2) is 0 Å². The van der Waals surface area contributed by atoms with Crippen LogP contribution in [-0.2, 0) is 17.9 Å². The van der Waals surface area contributed by atoms with Gasteiger partial charge in [0.25, 0.3) is 5.91 Å². The highest BCUT2D eigenvalue weighted by atomic mass is 32.2. The normalized spacial score (nSPS) is 15.4. The summed E-state index contributed by atoms with van der Waals surface area (Å²) < 4.78 is 55.0. The number of nitrogens with one attached hydrogen (secondary N) is 1. The molecule has 0 aliphatic carbocycles. The molecule has 2 amide bonds. The van der Waals surface area contributed by atoms with Crippen LogP contribution in [0.1, 0.15) is 28.4 Å². The Kier molecular flexibility index (Phi) is 6.42. The Labute approximate surface area is 191 Å². The SMILES string of the molecule is CC1Sc2ccc(C(=O)NCc3c(F)cc(F)cc3F)cc2N(Cc2ccccc2F)C1=O. The number of thioether (sulfide) groups is 1. The number of nitrogens with zero attached hydrogens (tertiary/aromatic N) is 1. The summed E-state index contributed by atoms with van der Waals surface area (Å²) in [7, 11) is 0. The van der Waals surface area contributed by atoms with Gasteiger partial charge < -0.3 is 10.2 Å². The van der Waals surface area contributed by atoms with Crippen LogP contribution in [0.2, 0.25) is 0 Å². The van der Waals surface area contributed by atoms with E-state index in [9.17, 15) is 27.2 Å². The summed E-state index contributed by atoms with van der Waals surface area (Å²) in [5, 5.41) is 2.01. The van der Waals surface area contributed by atoms with Crippen LogP contribution in [0, 0.1) is 23.3 Å². The minimum atomic E-state index is -1.11. The van der Waals surface area contributed by atoms with Gasteiger partial charge in [0.2, 0.25) is 5.91 Å². The first-order chi connectivity index (χ1) is 15.7. The fourth-order valence-corrected chi connectivity index (χ4v) is 4.57. The topological polar surface area (TPSA) is 49.4 Å². The summed E-state index contributed by atoms with van der Waals surface area (Å²) in [5.41, 5.74) is 0.452. The number of carbonyl (C=O) groups is 2. The number of fused-ring (bicyclic) bond motifs is 1. The molecule has 0 saturated heterocycles. The van der Waals surface area contributed by atoms with Gasteiger partial charge in [0.05, 0.1) is 17.5 Å². The summed E-state index contributed by atoms with van der Waals surface area (Å²) in [6, 6.07) is 11.9. The van der Waals surface area contributed by atoms with Crippen molar-refractivity contribution in [2.45, 2.75) is 30.2 Å². The summed E-state index contributed by atoms with van der Waals surface area (Å²) in [5.74, 6) is -4.58. The third kappa shape index (κ3) is 4.73. The van der Waals surface area contributed by atoms with E-state index in [0.29, 0.717) is 23.4 Å². The number of benzene rings is 3. The van der Waals surface area contributed by atoms with E-state index in [1.165, 1.54) is 34.9 Å². The van der Waals surface area contributed by atoms with Crippen molar-refractivity contribution in [2.75, 3.05) is 4.90 Å². The molecule has 9 heteroatoms. The third-order valence-electron chi connectivity index (χ3n) is 5.25. The van der Waals surface area contributed by atoms with Crippen molar-refractivity contribution < 1.29 is 27.2 Å². The van der Waals surface area contributed by atoms with Gasteiger partial charge in [-0.15, -0.1) is 11.8 Å². The number of anilines is 1. The molecule has 1 heterocycles. The van der Waals surface area contributed by atoms with Crippen LogP contribution in [-0.4, -0.2) is 17.1 Å². The van der Waals surface area contributed by atoms with Crippen molar-refractivity contribution in [3.05, 3.63) is 94.6 Å². The summed E-state index contributed by atoms with van der Waals surface area (Å²) >= 11 is 1.32. The zero-order valence-electron chi connectivity index (χ0n) is 17.4. The Hall–Kier alpha value is -3.33. The number of amides is 2. The molecule has 1 N–H and O–H groups in total. The lowest BCUT2D eigenvalue weighted by Gasteiger charge is -2.32. The molecule has 1 unspecified atom stereocenters. The monoisotopic (exact) mass is 474 g/mol. The number of carbonyl (C=O) groups excluding carboxylic acids is 2. The molecule has 0 aromatic heterocycles. The minimum Gasteiger partial charge on any atom is -0.348 e. The van der Waals surface area contributed by atoms with E-state index in [1.807, 2.05) is 0 Å². The molecule has 3 aromatic rings. The Bertz CT molecular complexity index is 1230. The molecule has 0 saturated carbocycles. The van der Waals surface area contributed by atoms with Crippen molar-refractivity contribution in [2.24, 2.45) is 0 Å². The van der Waals surface area contributed by atoms with Crippen LogP contribution in [0.4, 0.5) is 23.2 Å². The van der Waals surface area contributed by atoms with Gasteiger partial charge in [-0.3, -0.25) is 9.59 Å². The van der Waals surface area contributed by atoms with E-state index in [0.717, 1.165) is 4.90 Å². The van der Waals surface area contributed by atoms with Crippen molar-refractivity contribution >= 4 is 29.3 Å². The first kappa shape index (κ1) is 22.8. The smallest absolute Gasteiger partial charge is 0.251 e. The highest BCUT2D eigenvalue weighted by Gasteiger charge is 2.32. The number of halogens is 4. The molecule has 0 fully saturated rings. The van der Waals surface area contributed by atoms with Crippen molar-refractivity contribution in [3.63, 3.8) is 0 Å². The highest BCUT2D eigenvalue weighted by molar-refractivity contribution is 8.01. The highest BCUT2D eigenvalue weighted by Crippen LogP contribution is 2.40. The summed E-state index contributed by atoms with van der Waals surface area (Å²) in [4.78, 5) is 27.7. The molecule has 4 rings (SSSR count). The predicted octanol–water partition coefficient (Wildman–Crippen LogP) is 5.20. The van der Waals surface area contributed by atoms with E-state index in [4.69, 9.17) is 0 Å². The molecule has 3 aromatic carbocycles. The zero-order chi connectivity index (χ0) is 23.7. The summed E-state index contributed by atoms with van der Waals surface area (Å²) in [6.07, 6.45) is 0. The second-order valence-electron chi connectivity index (χ2n) is 7.49. The van der Waals surface area contributed by atoms with Gasteiger partial charge in [0, 0.05) is 40.3 Å². The Morgan fingerprint density at radius 2 is 1.70 bits per heavy atom. The molecule has 1 aliphatic heterocycles. The third-order valence-corrected chi connectivity index (χ3v) is 6.40. The Morgan fingerprint density at radius 3 is 2.39 bits per heavy atom.